The van der Waals surface area contributed by atoms with Crippen LogP contribution in [0.5, 0.6) is 5.75 Å². The minimum absolute atomic E-state index is 0.203. The van der Waals surface area contributed by atoms with E-state index in [0.29, 0.717) is 5.57 Å². The van der Waals surface area contributed by atoms with E-state index in [1.807, 2.05) is 91.9 Å². The fraction of sp³-hybridized carbons (Fsp3) is 0.250. The Morgan fingerprint density at radius 2 is 1.47 bits per heavy atom. The summed E-state index contributed by atoms with van der Waals surface area (Å²) in [5.74, 6) is -1.17. The van der Waals surface area contributed by atoms with Gasteiger partial charge in [0, 0.05) is 11.1 Å². The van der Waals surface area contributed by atoms with Crippen molar-refractivity contribution < 1.29 is 28.8 Å². The summed E-state index contributed by atoms with van der Waals surface area (Å²) in [6.07, 6.45) is 1.50. The maximum Gasteiger partial charge on any atom is 0.340 e. The van der Waals surface area contributed by atoms with Gasteiger partial charge < -0.3 is 14.2 Å². The van der Waals surface area contributed by atoms with Gasteiger partial charge in [0.05, 0.1) is 19.1 Å². The van der Waals surface area contributed by atoms with E-state index in [2.05, 4.69) is 0 Å². The number of esters is 1. The van der Waals surface area contributed by atoms with Crippen LogP contribution in [0.4, 0.5) is 0 Å². The third kappa shape index (κ3) is 3.03. The van der Waals surface area contributed by atoms with E-state index >= 15 is 0 Å². The molecule has 4 aliphatic heterocycles. The summed E-state index contributed by atoms with van der Waals surface area (Å²) in [6.45, 7) is 1.83. The normalized spacial score (nSPS) is 29.1. The Kier molecular flexibility index (Phi) is 4.68. The zero-order chi connectivity index (χ0) is 23.4. The highest BCUT2D eigenvalue weighted by Gasteiger charge is 2.66. The second-order valence-corrected chi connectivity index (χ2v) is 9.06. The first-order valence-corrected chi connectivity index (χ1v) is 11.2. The minimum atomic E-state index is -1.43. The first kappa shape index (κ1) is 21.1. The molecule has 172 valence electrons. The van der Waals surface area contributed by atoms with E-state index in [9.17, 15) is 4.79 Å². The van der Waals surface area contributed by atoms with Gasteiger partial charge in [-0.3, -0.25) is 0 Å². The van der Waals surface area contributed by atoms with Crippen LogP contribution in [0.2, 0.25) is 0 Å². The molecule has 0 amide bonds. The predicted octanol–water partition coefficient (Wildman–Crippen LogP) is 5.00. The Labute approximate surface area is 197 Å². The number of carbonyl (C=O) groups excluding carboxylic acids is 1. The van der Waals surface area contributed by atoms with Crippen LogP contribution in [0.25, 0.3) is 0 Å². The number of ether oxygens (including phenoxy) is 3. The first-order chi connectivity index (χ1) is 16.5. The minimum Gasteiger partial charge on any atom is -0.497 e. The molecule has 6 heteroatoms. The standard InChI is InChI=1S/C28H24O6/c1-26-17-23-25(29)32-27(20-9-5-3-6-10-20,21-11-7-4-8-12-21)18-28(23,34-33-26)31-24(26)19-13-15-22(30-2)16-14-19/h3-17,24H,18H2,1-2H3/t24?,26-,28+/m1/s1. The Hall–Kier alpha value is -3.45. The maximum absolute atomic E-state index is 13.5. The van der Waals surface area contributed by atoms with Gasteiger partial charge in [-0.05, 0) is 30.7 Å². The molecule has 4 heterocycles. The lowest BCUT2D eigenvalue weighted by molar-refractivity contribution is -0.525. The van der Waals surface area contributed by atoms with Crippen molar-refractivity contribution in [1.29, 1.82) is 0 Å². The van der Waals surface area contributed by atoms with Gasteiger partial charge in [0.15, 0.2) is 11.2 Å². The van der Waals surface area contributed by atoms with Crippen molar-refractivity contribution in [3.05, 3.63) is 113 Å². The molecule has 3 aromatic carbocycles. The molecule has 1 unspecified atom stereocenters. The summed E-state index contributed by atoms with van der Waals surface area (Å²) >= 11 is 0. The molecule has 6 nitrogen and oxygen atoms in total. The van der Waals surface area contributed by atoms with E-state index in [-0.39, 0.29) is 6.42 Å². The van der Waals surface area contributed by atoms with Gasteiger partial charge in [-0.15, -0.1) is 0 Å². The molecule has 2 fully saturated rings. The van der Waals surface area contributed by atoms with Gasteiger partial charge in [0.25, 0.3) is 0 Å². The SMILES string of the molecule is COc1ccc(C2O[C@]34CC(c5ccccc5)(c5ccccc5)OC(=O)C3=C[C@@]2(C)OO4)cc1. The van der Waals surface area contributed by atoms with Gasteiger partial charge in [-0.25, -0.2) is 9.68 Å². The Balaban J connectivity index is 1.49. The van der Waals surface area contributed by atoms with Crippen molar-refractivity contribution in [2.24, 2.45) is 0 Å². The summed E-state index contributed by atoms with van der Waals surface area (Å²) in [6, 6.07) is 27.0. The number of hydrogen-bond acceptors (Lipinski definition) is 6. The largest absolute Gasteiger partial charge is 0.497 e. The molecule has 0 saturated carbocycles. The lowest BCUT2D eigenvalue weighted by Crippen LogP contribution is -2.64. The lowest BCUT2D eigenvalue weighted by atomic mass is 9.73. The zero-order valence-electron chi connectivity index (χ0n) is 18.9. The summed E-state index contributed by atoms with van der Waals surface area (Å²) in [5.41, 5.74) is 0.768. The number of rotatable bonds is 4. The highest BCUT2D eigenvalue weighted by Crippen LogP contribution is 2.58. The molecule has 7 rings (SSSR count). The molecule has 3 aromatic rings. The van der Waals surface area contributed by atoms with Crippen LogP contribution < -0.4 is 4.74 Å². The smallest absolute Gasteiger partial charge is 0.340 e. The zero-order valence-corrected chi connectivity index (χ0v) is 18.9. The van der Waals surface area contributed by atoms with Crippen molar-refractivity contribution in [3.8, 4) is 5.75 Å². The first-order valence-electron chi connectivity index (χ1n) is 11.2. The second-order valence-electron chi connectivity index (χ2n) is 9.06. The number of fused-ring (bicyclic) bond motifs is 2. The van der Waals surface area contributed by atoms with Crippen molar-refractivity contribution in [3.63, 3.8) is 0 Å². The molecule has 0 N–H and O–H groups in total. The topological polar surface area (TPSA) is 63.2 Å². The van der Waals surface area contributed by atoms with Gasteiger partial charge in [-0.1, -0.05) is 72.8 Å². The van der Waals surface area contributed by atoms with Crippen molar-refractivity contribution in [2.45, 2.75) is 36.4 Å². The number of benzene rings is 3. The summed E-state index contributed by atoms with van der Waals surface area (Å²) in [4.78, 5) is 25.4. The third-order valence-corrected chi connectivity index (χ3v) is 6.89. The predicted molar refractivity (Wildman–Crippen MR) is 123 cm³/mol. The molecule has 0 aliphatic carbocycles. The molecule has 2 bridgehead atoms. The fourth-order valence-electron chi connectivity index (χ4n) is 5.17. The molecular weight excluding hydrogens is 432 g/mol. The number of carbonyl (C=O) groups is 1. The van der Waals surface area contributed by atoms with Crippen LogP contribution >= 0.6 is 0 Å². The quantitative estimate of drug-likeness (QED) is 0.407. The number of cyclic esters (lactones) is 1. The van der Waals surface area contributed by atoms with E-state index < -0.39 is 29.1 Å². The molecule has 2 saturated heterocycles. The summed E-state index contributed by atoms with van der Waals surface area (Å²) < 4.78 is 18.2. The molecule has 3 atom stereocenters. The van der Waals surface area contributed by atoms with Crippen LogP contribution in [0, 0.1) is 0 Å². The average Bonchev–Trinajstić information content (AvgIpc) is 2.89. The molecule has 4 aliphatic rings. The van der Waals surface area contributed by atoms with Crippen LogP contribution in [0.3, 0.4) is 0 Å². The number of methoxy groups -OCH3 is 1. The van der Waals surface area contributed by atoms with Crippen molar-refractivity contribution in [1.82, 2.24) is 0 Å². The maximum atomic E-state index is 13.5. The lowest BCUT2D eigenvalue weighted by Gasteiger charge is -2.56. The van der Waals surface area contributed by atoms with E-state index in [1.165, 1.54) is 0 Å². The van der Waals surface area contributed by atoms with Gasteiger partial charge in [0.2, 0.25) is 5.79 Å². The molecule has 34 heavy (non-hydrogen) atoms. The van der Waals surface area contributed by atoms with Gasteiger partial charge in [-0.2, -0.15) is 4.89 Å². The van der Waals surface area contributed by atoms with Gasteiger partial charge in [0.1, 0.15) is 11.9 Å². The van der Waals surface area contributed by atoms with E-state index in [4.69, 9.17) is 24.0 Å². The molecule has 0 radical (unpaired) electrons. The number of hydrogen-bond donors (Lipinski definition) is 0. The van der Waals surface area contributed by atoms with E-state index in [0.717, 1.165) is 22.4 Å². The third-order valence-electron chi connectivity index (χ3n) is 6.89. The van der Waals surface area contributed by atoms with Crippen molar-refractivity contribution >= 4 is 5.97 Å². The molecule has 1 spiro atoms. The summed E-state index contributed by atoms with van der Waals surface area (Å²) in [5, 5.41) is 0. The summed E-state index contributed by atoms with van der Waals surface area (Å²) in [7, 11) is 1.63. The fourth-order valence-corrected chi connectivity index (χ4v) is 5.17. The van der Waals surface area contributed by atoms with Crippen LogP contribution in [-0.4, -0.2) is 24.5 Å². The molecule has 0 aromatic heterocycles. The van der Waals surface area contributed by atoms with Gasteiger partial charge >= 0.3 is 5.97 Å². The van der Waals surface area contributed by atoms with Crippen LogP contribution in [-0.2, 0) is 29.6 Å². The Bertz CT molecular complexity index is 1210. The second kappa shape index (κ2) is 7.53. The Morgan fingerprint density at radius 1 is 0.853 bits per heavy atom. The molecular formula is C28H24O6. The van der Waals surface area contributed by atoms with Crippen LogP contribution in [0.15, 0.2) is 96.6 Å². The Morgan fingerprint density at radius 3 is 2.06 bits per heavy atom. The van der Waals surface area contributed by atoms with E-state index in [1.54, 1.807) is 13.2 Å². The van der Waals surface area contributed by atoms with Crippen molar-refractivity contribution in [2.75, 3.05) is 7.11 Å². The van der Waals surface area contributed by atoms with Crippen LogP contribution in [0.1, 0.15) is 36.1 Å². The average molecular weight is 456 g/mol. The highest BCUT2D eigenvalue weighted by atomic mass is 17.3. The highest BCUT2D eigenvalue weighted by molar-refractivity contribution is 5.93. The monoisotopic (exact) mass is 456 g/mol.